The number of ether oxygens (including phenoxy) is 1. The first-order valence-corrected chi connectivity index (χ1v) is 11.3. The number of rotatable bonds is 6. The molecule has 3 fully saturated rings. The van der Waals surface area contributed by atoms with Gasteiger partial charge in [0.15, 0.2) is 0 Å². The number of hydrogen-bond acceptors (Lipinski definition) is 3. The van der Waals surface area contributed by atoms with E-state index in [9.17, 15) is 9.59 Å². The van der Waals surface area contributed by atoms with Crippen molar-refractivity contribution < 1.29 is 14.3 Å². The normalized spacial score (nSPS) is 21.3. The largest absolute Gasteiger partial charge is 0.497 e. The van der Waals surface area contributed by atoms with Crippen LogP contribution in [0.3, 0.4) is 0 Å². The molecule has 1 saturated carbocycles. The van der Waals surface area contributed by atoms with Crippen LogP contribution in [-0.4, -0.2) is 54.9 Å². The molecular weight excluding hydrogens is 364 g/mol. The summed E-state index contributed by atoms with van der Waals surface area (Å²) in [4.78, 5) is 29.2. The summed E-state index contributed by atoms with van der Waals surface area (Å²) in [6.45, 7) is 3.33. The number of likely N-dealkylation sites (tertiary alicyclic amines) is 2. The second kappa shape index (κ2) is 9.19. The fourth-order valence-corrected chi connectivity index (χ4v) is 4.80. The smallest absolute Gasteiger partial charge is 0.225 e. The monoisotopic (exact) mass is 398 g/mol. The van der Waals surface area contributed by atoms with Crippen LogP contribution in [0, 0.1) is 17.8 Å². The Balaban J connectivity index is 1.17. The Morgan fingerprint density at radius 3 is 1.86 bits per heavy atom. The molecule has 4 rings (SSSR count). The van der Waals surface area contributed by atoms with Gasteiger partial charge in [-0.25, -0.2) is 0 Å². The molecule has 1 aliphatic carbocycles. The molecule has 0 radical (unpaired) electrons. The molecule has 0 atom stereocenters. The molecule has 0 spiro atoms. The van der Waals surface area contributed by atoms with E-state index in [0.29, 0.717) is 23.7 Å². The highest BCUT2D eigenvalue weighted by Gasteiger charge is 2.37. The van der Waals surface area contributed by atoms with Crippen LogP contribution >= 0.6 is 0 Å². The molecule has 1 aromatic carbocycles. The highest BCUT2D eigenvalue weighted by molar-refractivity contribution is 5.82. The van der Waals surface area contributed by atoms with Gasteiger partial charge >= 0.3 is 0 Å². The summed E-state index contributed by atoms with van der Waals surface area (Å²) < 4.78 is 5.22. The zero-order valence-electron chi connectivity index (χ0n) is 17.6. The van der Waals surface area contributed by atoms with E-state index in [4.69, 9.17) is 4.74 Å². The molecule has 0 N–H and O–H groups in total. The van der Waals surface area contributed by atoms with E-state index in [-0.39, 0.29) is 5.92 Å². The van der Waals surface area contributed by atoms with Gasteiger partial charge in [0, 0.05) is 38.0 Å². The number of carbonyl (C=O) groups excluding carboxylic acids is 2. The lowest BCUT2D eigenvalue weighted by Crippen LogP contribution is -2.46. The molecule has 0 bridgehead atoms. The number of carbonyl (C=O) groups is 2. The van der Waals surface area contributed by atoms with Crippen molar-refractivity contribution in [3.05, 3.63) is 29.8 Å². The molecule has 29 heavy (non-hydrogen) atoms. The zero-order valence-corrected chi connectivity index (χ0v) is 17.6. The van der Waals surface area contributed by atoms with Gasteiger partial charge in [0.1, 0.15) is 5.75 Å². The molecule has 3 aliphatic rings. The van der Waals surface area contributed by atoms with Crippen molar-refractivity contribution in [1.29, 1.82) is 0 Å². The van der Waals surface area contributed by atoms with Crippen molar-refractivity contribution in [3.63, 3.8) is 0 Å². The standard InChI is InChI=1S/C24H34N2O3/c1-29-22-8-4-18(5-9-22)2-3-19-10-14-25(15-11-19)24(28)21-12-16-26(17-13-21)23(27)20-6-7-20/h4-5,8-9,19-21H,2-3,6-7,10-17H2,1H3. The maximum atomic E-state index is 12.9. The Labute approximate surface area is 174 Å². The summed E-state index contributed by atoms with van der Waals surface area (Å²) in [6, 6.07) is 8.36. The molecule has 2 aliphatic heterocycles. The van der Waals surface area contributed by atoms with Crippen LogP contribution in [0.4, 0.5) is 0 Å². The lowest BCUT2D eigenvalue weighted by Gasteiger charge is -2.37. The molecule has 1 aromatic rings. The van der Waals surface area contributed by atoms with Crippen LogP contribution < -0.4 is 4.74 Å². The third-order valence-electron chi connectivity index (χ3n) is 7.01. The average Bonchev–Trinajstić information content (AvgIpc) is 3.63. The Bertz CT molecular complexity index is 697. The predicted octanol–water partition coefficient (Wildman–Crippen LogP) is 3.52. The summed E-state index contributed by atoms with van der Waals surface area (Å²) in [5.41, 5.74) is 1.36. The highest BCUT2D eigenvalue weighted by Crippen LogP contribution is 2.33. The zero-order chi connectivity index (χ0) is 20.2. The SMILES string of the molecule is COc1ccc(CCC2CCN(C(=O)C3CCN(C(=O)C4CC4)CC3)CC2)cc1. The van der Waals surface area contributed by atoms with E-state index in [1.54, 1.807) is 7.11 Å². The first-order chi connectivity index (χ1) is 14.1. The van der Waals surface area contributed by atoms with Crippen molar-refractivity contribution in [2.75, 3.05) is 33.3 Å². The van der Waals surface area contributed by atoms with Gasteiger partial charge in [0.05, 0.1) is 7.11 Å². The number of methoxy groups -OCH3 is 1. The molecule has 0 aromatic heterocycles. The summed E-state index contributed by atoms with van der Waals surface area (Å²) >= 11 is 0. The van der Waals surface area contributed by atoms with E-state index < -0.39 is 0 Å². The van der Waals surface area contributed by atoms with Gasteiger partial charge in [0.2, 0.25) is 11.8 Å². The van der Waals surface area contributed by atoms with Crippen LogP contribution in [0.25, 0.3) is 0 Å². The first kappa shape index (κ1) is 20.2. The minimum absolute atomic E-state index is 0.120. The van der Waals surface area contributed by atoms with Crippen LogP contribution in [0.15, 0.2) is 24.3 Å². The van der Waals surface area contributed by atoms with Gasteiger partial charge in [-0.15, -0.1) is 0 Å². The van der Waals surface area contributed by atoms with E-state index in [0.717, 1.165) is 76.9 Å². The van der Waals surface area contributed by atoms with E-state index in [1.807, 2.05) is 17.0 Å². The van der Waals surface area contributed by atoms with Crippen molar-refractivity contribution in [1.82, 2.24) is 9.80 Å². The second-order valence-corrected chi connectivity index (χ2v) is 9.03. The third kappa shape index (κ3) is 5.12. The molecule has 2 heterocycles. The molecule has 158 valence electrons. The van der Waals surface area contributed by atoms with Gasteiger partial charge in [-0.1, -0.05) is 12.1 Å². The van der Waals surface area contributed by atoms with Gasteiger partial charge in [0.25, 0.3) is 0 Å². The molecule has 2 amide bonds. The van der Waals surface area contributed by atoms with Gasteiger partial charge in [-0.3, -0.25) is 9.59 Å². The average molecular weight is 399 g/mol. The summed E-state index contributed by atoms with van der Waals surface area (Å²) in [5.74, 6) is 2.68. The molecule has 2 saturated heterocycles. The molecule has 5 nitrogen and oxygen atoms in total. The third-order valence-corrected chi connectivity index (χ3v) is 7.01. The van der Waals surface area contributed by atoms with Crippen LogP contribution in [0.1, 0.15) is 50.5 Å². The van der Waals surface area contributed by atoms with Crippen LogP contribution in [0.5, 0.6) is 5.75 Å². The number of aryl methyl sites for hydroxylation is 1. The topological polar surface area (TPSA) is 49.9 Å². The van der Waals surface area contributed by atoms with Crippen LogP contribution in [0.2, 0.25) is 0 Å². The summed E-state index contributed by atoms with van der Waals surface area (Å²) in [6.07, 6.45) is 8.31. The van der Waals surface area contributed by atoms with Crippen molar-refractivity contribution in [2.45, 2.75) is 51.4 Å². The maximum Gasteiger partial charge on any atom is 0.225 e. The van der Waals surface area contributed by atoms with Crippen LogP contribution in [-0.2, 0) is 16.0 Å². The summed E-state index contributed by atoms with van der Waals surface area (Å²) in [7, 11) is 1.70. The lowest BCUT2D eigenvalue weighted by atomic mass is 9.89. The van der Waals surface area contributed by atoms with Gasteiger partial charge in [-0.2, -0.15) is 0 Å². The Hall–Kier alpha value is -2.04. The number of amides is 2. The lowest BCUT2D eigenvalue weighted by molar-refractivity contribution is -0.142. The molecule has 5 heteroatoms. The Morgan fingerprint density at radius 1 is 0.828 bits per heavy atom. The van der Waals surface area contributed by atoms with Crippen molar-refractivity contribution in [2.24, 2.45) is 17.8 Å². The Kier molecular flexibility index (Phi) is 6.41. The van der Waals surface area contributed by atoms with E-state index >= 15 is 0 Å². The molecule has 0 unspecified atom stereocenters. The number of hydrogen-bond donors (Lipinski definition) is 0. The fourth-order valence-electron chi connectivity index (χ4n) is 4.80. The summed E-state index contributed by atoms with van der Waals surface area (Å²) in [5, 5.41) is 0. The highest BCUT2D eigenvalue weighted by atomic mass is 16.5. The number of benzene rings is 1. The van der Waals surface area contributed by atoms with Crippen molar-refractivity contribution in [3.8, 4) is 5.75 Å². The van der Waals surface area contributed by atoms with E-state index in [2.05, 4.69) is 17.0 Å². The van der Waals surface area contributed by atoms with Gasteiger partial charge < -0.3 is 14.5 Å². The number of piperidine rings is 2. The quantitative estimate of drug-likeness (QED) is 0.737. The minimum atomic E-state index is 0.120. The van der Waals surface area contributed by atoms with Crippen molar-refractivity contribution >= 4 is 11.8 Å². The fraction of sp³-hybridized carbons (Fsp3) is 0.667. The second-order valence-electron chi connectivity index (χ2n) is 9.03. The van der Waals surface area contributed by atoms with Gasteiger partial charge in [-0.05, 0) is 75.0 Å². The predicted molar refractivity (Wildman–Crippen MR) is 113 cm³/mol. The maximum absolute atomic E-state index is 12.9. The minimum Gasteiger partial charge on any atom is -0.497 e. The molecular formula is C24H34N2O3. The first-order valence-electron chi connectivity index (χ1n) is 11.3. The Morgan fingerprint density at radius 2 is 1.34 bits per heavy atom. The number of nitrogens with zero attached hydrogens (tertiary/aromatic N) is 2. The van der Waals surface area contributed by atoms with E-state index in [1.165, 1.54) is 12.0 Å².